The maximum atomic E-state index is 11.3. The van der Waals surface area contributed by atoms with Crippen molar-refractivity contribution in [2.24, 2.45) is 0 Å². The molecule has 0 aromatic heterocycles. The third kappa shape index (κ3) is 3.23. The van der Waals surface area contributed by atoms with Crippen molar-refractivity contribution in [3.05, 3.63) is 34.4 Å². The molecule has 0 aliphatic carbocycles. The van der Waals surface area contributed by atoms with Crippen LogP contribution in [0.3, 0.4) is 0 Å². The monoisotopic (exact) mass is 240 g/mol. The van der Waals surface area contributed by atoms with Gasteiger partial charge in [0.2, 0.25) is 5.91 Å². The Balaban J connectivity index is 2.68. The second-order valence-electron chi connectivity index (χ2n) is 3.13. The van der Waals surface area contributed by atoms with Crippen LogP contribution in [0.5, 0.6) is 0 Å². The molecule has 16 heavy (non-hydrogen) atoms. The summed E-state index contributed by atoms with van der Waals surface area (Å²) in [5, 5.41) is 12.8. The van der Waals surface area contributed by atoms with Gasteiger partial charge in [-0.15, -0.1) is 11.8 Å². The van der Waals surface area contributed by atoms with Crippen LogP contribution < -0.4 is 5.32 Å². The van der Waals surface area contributed by atoms with Gasteiger partial charge in [-0.05, 0) is 19.1 Å². The van der Waals surface area contributed by atoms with Crippen LogP contribution in [0, 0.1) is 10.1 Å². The fraction of sp³-hybridized carbons (Fsp3) is 0.300. The number of hydrogen-bond acceptors (Lipinski definition) is 4. The Hall–Kier alpha value is -1.56. The van der Waals surface area contributed by atoms with E-state index in [1.165, 1.54) is 23.9 Å². The third-order valence-electron chi connectivity index (χ3n) is 1.98. The van der Waals surface area contributed by atoms with Gasteiger partial charge in [-0.3, -0.25) is 14.9 Å². The van der Waals surface area contributed by atoms with Crippen molar-refractivity contribution in [1.82, 2.24) is 5.32 Å². The molecule has 1 aromatic carbocycles. The molecule has 1 N–H and O–H groups in total. The number of rotatable bonds is 4. The van der Waals surface area contributed by atoms with Crippen LogP contribution in [0.15, 0.2) is 29.2 Å². The topological polar surface area (TPSA) is 72.2 Å². The molecule has 1 rings (SSSR count). The summed E-state index contributed by atoms with van der Waals surface area (Å²) in [5.41, 5.74) is 0.0527. The van der Waals surface area contributed by atoms with Gasteiger partial charge in [0.15, 0.2) is 0 Å². The van der Waals surface area contributed by atoms with Gasteiger partial charge in [-0.25, -0.2) is 0 Å². The van der Waals surface area contributed by atoms with Crippen molar-refractivity contribution in [3.63, 3.8) is 0 Å². The number of carbonyl (C=O) groups is 1. The first-order valence-corrected chi connectivity index (χ1v) is 5.55. The van der Waals surface area contributed by atoms with Crippen LogP contribution in [0.2, 0.25) is 0 Å². The van der Waals surface area contributed by atoms with Crippen LogP contribution >= 0.6 is 11.8 Å². The van der Waals surface area contributed by atoms with Crippen LogP contribution in [0.4, 0.5) is 5.69 Å². The molecule has 0 saturated carbocycles. The summed E-state index contributed by atoms with van der Waals surface area (Å²) < 4.78 is 0. The van der Waals surface area contributed by atoms with Crippen LogP contribution in [0.1, 0.15) is 6.92 Å². The van der Waals surface area contributed by atoms with Crippen molar-refractivity contribution >= 4 is 23.4 Å². The number of amides is 1. The van der Waals surface area contributed by atoms with Gasteiger partial charge in [-0.2, -0.15) is 0 Å². The van der Waals surface area contributed by atoms with Crippen molar-refractivity contribution in [1.29, 1.82) is 0 Å². The second-order valence-corrected chi connectivity index (χ2v) is 4.54. The van der Waals surface area contributed by atoms with Gasteiger partial charge in [0.1, 0.15) is 0 Å². The molecule has 0 heterocycles. The molecule has 0 aliphatic rings. The van der Waals surface area contributed by atoms with Crippen molar-refractivity contribution in [3.8, 4) is 0 Å². The highest BCUT2D eigenvalue weighted by atomic mass is 32.2. The molecule has 0 spiro atoms. The van der Waals surface area contributed by atoms with Gasteiger partial charge >= 0.3 is 0 Å². The molecule has 6 heteroatoms. The molecule has 0 radical (unpaired) electrons. The maximum absolute atomic E-state index is 11.3. The number of nitrogens with zero attached hydrogens (tertiary/aromatic N) is 1. The lowest BCUT2D eigenvalue weighted by Crippen LogP contribution is -2.27. The van der Waals surface area contributed by atoms with E-state index in [1.807, 2.05) is 0 Å². The lowest BCUT2D eigenvalue weighted by molar-refractivity contribution is -0.384. The fourth-order valence-electron chi connectivity index (χ4n) is 1.11. The minimum absolute atomic E-state index is 0.0527. The summed E-state index contributed by atoms with van der Waals surface area (Å²) in [4.78, 5) is 22.1. The van der Waals surface area contributed by atoms with E-state index < -0.39 is 4.92 Å². The summed E-state index contributed by atoms with van der Waals surface area (Å²) in [6.07, 6.45) is 0. The molecular weight excluding hydrogens is 228 g/mol. The molecule has 0 fully saturated rings. The Morgan fingerprint density at radius 2 is 2.00 bits per heavy atom. The second kappa shape index (κ2) is 5.50. The first kappa shape index (κ1) is 12.5. The summed E-state index contributed by atoms with van der Waals surface area (Å²) in [5.74, 6) is -0.0663. The van der Waals surface area contributed by atoms with Crippen LogP contribution in [-0.2, 0) is 4.79 Å². The highest BCUT2D eigenvalue weighted by molar-refractivity contribution is 8.00. The zero-order chi connectivity index (χ0) is 12.1. The van der Waals surface area contributed by atoms with Crippen LogP contribution in [0.25, 0.3) is 0 Å². The minimum atomic E-state index is -0.448. The Bertz CT molecular complexity index is 392. The van der Waals surface area contributed by atoms with E-state index in [0.29, 0.717) is 0 Å². The molecule has 0 bridgehead atoms. The summed E-state index contributed by atoms with van der Waals surface area (Å²) >= 11 is 1.36. The molecule has 1 aromatic rings. The highest BCUT2D eigenvalue weighted by Gasteiger charge is 2.13. The third-order valence-corrected chi connectivity index (χ3v) is 3.09. The molecule has 1 amide bonds. The van der Waals surface area contributed by atoms with Gasteiger partial charge in [0, 0.05) is 24.1 Å². The normalized spacial score (nSPS) is 11.9. The van der Waals surface area contributed by atoms with Gasteiger partial charge < -0.3 is 5.32 Å². The van der Waals surface area contributed by atoms with E-state index in [-0.39, 0.29) is 16.8 Å². The Morgan fingerprint density at radius 1 is 1.44 bits per heavy atom. The predicted octanol–water partition coefficient (Wildman–Crippen LogP) is 1.82. The van der Waals surface area contributed by atoms with Crippen LogP contribution in [-0.4, -0.2) is 23.1 Å². The number of thioether (sulfide) groups is 1. The standard InChI is InChI=1S/C10H12N2O3S/c1-7(10(13)11-2)16-9-5-3-8(4-6-9)12(14)15/h3-7H,1-2H3,(H,11,13)/t7-/m1/s1. The average molecular weight is 240 g/mol. The molecule has 0 saturated heterocycles. The van der Waals surface area contributed by atoms with Crippen molar-refractivity contribution in [2.75, 3.05) is 7.05 Å². The Labute approximate surface area is 97.4 Å². The molecule has 86 valence electrons. The van der Waals surface area contributed by atoms with Gasteiger partial charge in [-0.1, -0.05) is 0 Å². The van der Waals surface area contributed by atoms with Crippen molar-refractivity contribution in [2.45, 2.75) is 17.1 Å². The minimum Gasteiger partial charge on any atom is -0.358 e. The number of carbonyl (C=O) groups excluding carboxylic acids is 1. The molecule has 0 unspecified atom stereocenters. The van der Waals surface area contributed by atoms with E-state index in [0.717, 1.165) is 4.90 Å². The van der Waals surface area contributed by atoms with E-state index in [9.17, 15) is 14.9 Å². The van der Waals surface area contributed by atoms with Gasteiger partial charge in [0.25, 0.3) is 5.69 Å². The zero-order valence-electron chi connectivity index (χ0n) is 8.97. The first-order valence-electron chi connectivity index (χ1n) is 4.67. The highest BCUT2D eigenvalue weighted by Crippen LogP contribution is 2.25. The first-order chi connectivity index (χ1) is 7.54. The molecule has 5 nitrogen and oxygen atoms in total. The number of non-ortho nitro benzene ring substituents is 1. The lowest BCUT2D eigenvalue weighted by Gasteiger charge is -2.08. The summed E-state index contributed by atoms with van der Waals surface area (Å²) in [6, 6.07) is 6.14. The average Bonchev–Trinajstić information content (AvgIpc) is 2.28. The number of hydrogen-bond donors (Lipinski definition) is 1. The largest absolute Gasteiger partial charge is 0.358 e. The van der Waals surface area contributed by atoms with Gasteiger partial charge in [0.05, 0.1) is 10.2 Å². The van der Waals surface area contributed by atoms with E-state index in [2.05, 4.69) is 5.32 Å². The zero-order valence-corrected chi connectivity index (χ0v) is 9.78. The van der Waals surface area contributed by atoms with E-state index in [4.69, 9.17) is 0 Å². The smallest absolute Gasteiger partial charge is 0.269 e. The number of nitrogens with one attached hydrogen (secondary N) is 1. The quantitative estimate of drug-likeness (QED) is 0.495. The SMILES string of the molecule is CNC(=O)[C@@H](C)Sc1ccc([N+](=O)[O-])cc1. The number of nitro groups is 1. The maximum Gasteiger partial charge on any atom is 0.269 e. The summed E-state index contributed by atoms with van der Waals surface area (Å²) in [6.45, 7) is 1.78. The molecular formula is C10H12N2O3S. The van der Waals surface area contributed by atoms with E-state index in [1.54, 1.807) is 26.1 Å². The number of benzene rings is 1. The lowest BCUT2D eigenvalue weighted by atomic mass is 10.3. The predicted molar refractivity (Wildman–Crippen MR) is 62.5 cm³/mol. The Kier molecular flexibility index (Phi) is 4.30. The molecule has 1 atom stereocenters. The van der Waals surface area contributed by atoms with Crippen molar-refractivity contribution < 1.29 is 9.72 Å². The molecule has 0 aliphatic heterocycles. The summed E-state index contributed by atoms with van der Waals surface area (Å²) in [7, 11) is 1.58. The number of nitro benzene ring substituents is 1. The van der Waals surface area contributed by atoms with E-state index >= 15 is 0 Å². The Morgan fingerprint density at radius 3 is 2.44 bits per heavy atom. The fourth-order valence-corrected chi connectivity index (χ4v) is 2.03.